The molecule has 0 aromatic rings. The Bertz CT molecular complexity index is 803. The average Bonchev–Trinajstić information content (AvgIpc) is 3.08. The lowest BCUT2D eigenvalue weighted by atomic mass is 9.45. The maximum Gasteiger partial charge on any atom is 0.328 e. The first-order valence-corrected chi connectivity index (χ1v) is 12.4. The molecule has 9 heteroatoms. The highest BCUT2D eigenvalue weighted by Gasteiger charge is 2.60. The maximum absolute atomic E-state index is 15.0. The molecule has 0 heterocycles. The van der Waals surface area contributed by atoms with Gasteiger partial charge in [0, 0.05) is 18.7 Å². The Kier molecular flexibility index (Phi) is 8.39. The lowest BCUT2D eigenvalue weighted by Gasteiger charge is -2.60. The first-order valence-electron chi connectivity index (χ1n) is 12.4. The molecule has 0 bridgehead atoms. The quantitative estimate of drug-likeness (QED) is 0.267. The molecule has 1 unspecified atom stereocenters. The third-order valence-electron chi connectivity index (χ3n) is 9.21. The molecule has 4 aliphatic rings. The lowest BCUT2D eigenvalue weighted by molar-refractivity contribution is -0.134. The molecule has 4 aliphatic carbocycles. The monoisotopic (exact) mass is 482 g/mol. The van der Waals surface area contributed by atoms with Gasteiger partial charge in [0.15, 0.2) is 0 Å². The third-order valence-corrected chi connectivity index (χ3v) is 9.21. The first-order chi connectivity index (χ1) is 16.0. The number of hydrogen-bond acceptors (Lipinski definition) is 6. The summed E-state index contributed by atoms with van der Waals surface area (Å²) < 4.78 is 15.0. The van der Waals surface area contributed by atoms with Crippen LogP contribution in [0.1, 0.15) is 65.2 Å². The normalized spacial score (nSPS) is 42.2. The Morgan fingerprint density at radius 1 is 1.09 bits per heavy atom. The van der Waals surface area contributed by atoms with E-state index in [2.05, 4.69) is 19.0 Å². The van der Waals surface area contributed by atoms with E-state index in [0.717, 1.165) is 38.5 Å². The second kappa shape index (κ2) is 10.7. The average molecular weight is 483 g/mol. The molecule has 4 rings (SSSR count). The number of aliphatic carboxylic acids is 2. The number of aliphatic hydroxyl groups excluding tert-OH is 1. The van der Waals surface area contributed by atoms with E-state index in [-0.39, 0.29) is 16.9 Å². The maximum atomic E-state index is 15.0. The zero-order chi connectivity index (χ0) is 25.1. The standard InChI is InChI=1S/C21H35FN2O2.C4H4O4/c1-20-8-7-16-14(15(20)5-6-19(20)25)4-3-13-11-18(24-26-10-9-23)17(22)12-21(13,16)2;5-3(6)1-2-4(7)8/h13-17,19,25H,3-12,23H2,1-2H3;1-2H,(H,5,6)(H,7,8)/b24-18+;2-1+/t13?,14-,15-,16-,17+,19-,20-,21-;/m0./s1. The molecule has 4 fully saturated rings. The number of nitrogens with two attached hydrogens (primary N) is 1. The van der Waals surface area contributed by atoms with E-state index in [1.807, 2.05) is 0 Å². The van der Waals surface area contributed by atoms with Crippen LogP contribution in [-0.2, 0) is 14.4 Å². The third kappa shape index (κ3) is 5.30. The Morgan fingerprint density at radius 3 is 2.35 bits per heavy atom. The number of carboxylic acids is 2. The Balaban J connectivity index is 0.000000350. The smallest absolute Gasteiger partial charge is 0.328 e. The van der Waals surface area contributed by atoms with Crippen molar-refractivity contribution >= 4 is 17.7 Å². The number of fused-ring (bicyclic) bond motifs is 5. The van der Waals surface area contributed by atoms with Gasteiger partial charge in [-0.2, -0.15) is 0 Å². The number of nitrogens with zero attached hydrogens (tertiary/aromatic N) is 1. The van der Waals surface area contributed by atoms with E-state index in [4.69, 9.17) is 20.8 Å². The molecule has 0 aromatic heterocycles. The van der Waals surface area contributed by atoms with Gasteiger partial charge in [0.2, 0.25) is 0 Å². The predicted octanol–water partition coefficient (Wildman–Crippen LogP) is 3.38. The van der Waals surface area contributed by atoms with Crippen molar-refractivity contribution in [3.05, 3.63) is 12.2 Å². The number of aliphatic hydroxyl groups is 1. The first kappa shape index (κ1) is 26.6. The largest absolute Gasteiger partial charge is 0.478 e. The van der Waals surface area contributed by atoms with Crippen LogP contribution in [-0.4, -0.2) is 58.4 Å². The van der Waals surface area contributed by atoms with Crippen LogP contribution >= 0.6 is 0 Å². The van der Waals surface area contributed by atoms with Crippen molar-refractivity contribution in [3.8, 4) is 0 Å². The predicted molar refractivity (Wildman–Crippen MR) is 125 cm³/mol. The van der Waals surface area contributed by atoms with Gasteiger partial charge in [-0.1, -0.05) is 19.0 Å². The number of carboxylic acid groups (broad SMARTS) is 2. The van der Waals surface area contributed by atoms with Gasteiger partial charge >= 0.3 is 11.9 Å². The van der Waals surface area contributed by atoms with E-state index < -0.39 is 18.1 Å². The molecule has 0 aliphatic heterocycles. The fourth-order valence-electron chi connectivity index (χ4n) is 7.46. The summed E-state index contributed by atoms with van der Waals surface area (Å²) in [7, 11) is 0. The van der Waals surface area contributed by atoms with Crippen LogP contribution in [0.3, 0.4) is 0 Å². The summed E-state index contributed by atoms with van der Waals surface area (Å²) in [6.07, 6.45) is 8.02. The van der Waals surface area contributed by atoms with E-state index in [1.54, 1.807) is 0 Å². The van der Waals surface area contributed by atoms with Gasteiger partial charge in [-0.3, -0.25) is 0 Å². The summed E-state index contributed by atoms with van der Waals surface area (Å²) in [6.45, 7) is 5.40. The summed E-state index contributed by atoms with van der Waals surface area (Å²) in [5, 5.41) is 30.3. The molecule has 0 radical (unpaired) electrons. The minimum Gasteiger partial charge on any atom is -0.478 e. The summed E-state index contributed by atoms with van der Waals surface area (Å²) in [4.78, 5) is 24.3. The molecule has 0 spiro atoms. The van der Waals surface area contributed by atoms with E-state index in [0.29, 0.717) is 61.1 Å². The second-order valence-electron chi connectivity index (χ2n) is 10.9. The van der Waals surface area contributed by atoms with Crippen molar-refractivity contribution in [2.45, 2.75) is 77.5 Å². The summed E-state index contributed by atoms with van der Waals surface area (Å²) in [5.74, 6) is -0.137. The van der Waals surface area contributed by atoms with Crippen LogP contribution in [0, 0.1) is 34.5 Å². The zero-order valence-electron chi connectivity index (χ0n) is 20.2. The molecule has 0 saturated heterocycles. The lowest BCUT2D eigenvalue weighted by Crippen LogP contribution is -2.55. The van der Waals surface area contributed by atoms with Gasteiger partial charge in [0.25, 0.3) is 0 Å². The van der Waals surface area contributed by atoms with Gasteiger partial charge in [-0.15, -0.1) is 0 Å². The van der Waals surface area contributed by atoms with Crippen molar-refractivity contribution in [2.75, 3.05) is 13.2 Å². The fraction of sp³-hybridized carbons (Fsp3) is 0.800. The molecule has 4 saturated carbocycles. The molecule has 8 nitrogen and oxygen atoms in total. The minimum absolute atomic E-state index is 0.0596. The van der Waals surface area contributed by atoms with Gasteiger partial charge in [0.1, 0.15) is 12.8 Å². The van der Waals surface area contributed by atoms with E-state index in [1.165, 1.54) is 6.42 Å². The minimum atomic E-state index is -1.26. The number of oxime groups is 1. The number of hydrogen-bond donors (Lipinski definition) is 4. The summed E-state index contributed by atoms with van der Waals surface area (Å²) in [6, 6.07) is 0. The molecule has 0 amide bonds. The van der Waals surface area contributed by atoms with Gasteiger partial charge in [0.05, 0.1) is 11.8 Å². The highest BCUT2D eigenvalue weighted by atomic mass is 19.1. The molecular weight excluding hydrogens is 443 g/mol. The highest BCUT2D eigenvalue weighted by molar-refractivity contribution is 5.90. The van der Waals surface area contributed by atoms with Crippen molar-refractivity contribution in [2.24, 2.45) is 45.4 Å². The van der Waals surface area contributed by atoms with Crippen LogP contribution in [0.2, 0.25) is 0 Å². The van der Waals surface area contributed by atoms with Crippen LogP contribution < -0.4 is 5.73 Å². The molecule has 0 aromatic carbocycles. The van der Waals surface area contributed by atoms with Gasteiger partial charge in [-0.25, -0.2) is 14.0 Å². The molecule has 5 N–H and O–H groups in total. The van der Waals surface area contributed by atoms with Crippen LogP contribution in [0.15, 0.2) is 17.3 Å². The molecule has 192 valence electrons. The van der Waals surface area contributed by atoms with Crippen LogP contribution in [0.25, 0.3) is 0 Å². The second-order valence-corrected chi connectivity index (χ2v) is 10.9. The van der Waals surface area contributed by atoms with E-state index in [9.17, 15) is 19.1 Å². The van der Waals surface area contributed by atoms with Crippen molar-refractivity contribution < 1.29 is 34.1 Å². The van der Waals surface area contributed by atoms with Crippen molar-refractivity contribution in [1.29, 1.82) is 0 Å². The van der Waals surface area contributed by atoms with Crippen LogP contribution in [0.5, 0.6) is 0 Å². The Labute approximate surface area is 200 Å². The number of carbonyl (C=O) groups is 2. The molecule has 8 atom stereocenters. The van der Waals surface area contributed by atoms with Gasteiger partial charge < -0.3 is 25.9 Å². The Morgan fingerprint density at radius 2 is 1.74 bits per heavy atom. The fourth-order valence-corrected chi connectivity index (χ4v) is 7.46. The summed E-state index contributed by atoms with van der Waals surface area (Å²) >= 11 is 0. The van der Waals surface area contributed by atoms with Crippen molar-refractivity contribution in [3.63, 3.8) is 0 Å². The number of halogens is 1. The molecular formula is C25H39FN2O6. The number of alkyl halides is 1. The van der Waals surface area contributed by atoms with Crippen LogP contribution in [0.4, 0.5) is 4.39 Å². The zero-order valence-corrected chi connectivity index (χ0v) is 20.2. The van der Waals surface area contributed by atoms with Gasteiger partial charge in [-0.05, 0) is 85.9 Å². The number of rotatable bonds is 5. The highest BCUT2D eigenvalue weighted by Crippen LogP contribution is 2.66. The SMILES string of the molecule is C[C@]12CC[C@H]3[C@@H](CCC4C/C(=N\OCCN)[C@H](F)C[C@@]43C)[C@@H]1CC[C@@H]2O.O=C(O)/C=C/C(=O)O. The van der Waals surface area contributed by atoms with Crippen molar-refractivity contribution in [1.82, 2.24) is 0 Å². The van der Waals surface area contributed by atoms with E-state index >= 15 is 0 Å². The Hall–Kier alpha value is -2.00. The summed E-state index contributed by atoms with van der Waals surface area (Å²) in [5.41, 5.74) is 6.18. The molecule has 34 heavy (non-hydrogen) atoms. The topological polar surface area (TPSA) is 142 Å².